The molecule has 8 nitrogen and oxygen atoms in total. The van der Waals surface area contributed by atoms with Crippen molar-refractivity contribution in [1.29, 1.82) is 0 Å². The Hall–Kier alpha value is -1.28. The molecule has 3 unspecified atom stereocenters. The van der Waals surface area contributed by atoms with Crippen molar-refractivity contribution in [2.75, 3.05) is 40.9 Å². The lowest BCUT2D eigenvalue weighted by molar-refractivity contribution is -0.870. The maximum Gasteiger partial charge on any atom is 0.268 e. The predicted molar refractivity (Wildman–Crippen MR) is 339 cm³/mol. The summed E-state index contributed by atoms with van der Waals surface area (Å²) in [6.07, 6.45) is 79.7. The van der Waals surface area contributed by atoms with Gasteiger partial charge in [0, 0.05) is 6.42 Å². The van der Waals surface area contributed by atoms with E-state index in [4.69, 9.17) is 9.05 Å². The zero-order valence-electron chi connectivity index (χ0n) is 52.9. The molecule has 0 saturated heterocycles. The van der Waals surface area contributed by atoms with E-state index >= 15 is 0 Å². The van der Waals surface area contributed by atoms with Crippen LogP contribution in [0.4, 0.5) is 0 Å². The van der Waals surface area contributed by atoms with Gasteiger partial charge in [0.1, 0.15) is 13.2 Å². The minimum atomic E-state index is -4.60. The van der Waals surface area contributed by atoms with Gasteiger partial charge in [-0.3, -0.25) is 9.36 Å². The average molecular weight is 1120 g/mol. The number of phosphoric acid groups is 1. The molecular weight excluding hydrogens is 984 g/mol. The Kier molecular flexibility index (Phi) is 59.3. The monoisotopic (exact) mass is 1120 g/mol. The molecule has 0 radical (unpaired) electrons. The van der Waals surface area contributed by atoms with Crippen molar-refractivity contribution in [2.45, 2.75) is 360 Å². The summed E-state index contributed by atoms with van der Waals surface area (Å²) in [4.78, 5) is 25.6. The lowest BCUT2D eigenvalue weighted by Gasteiger charge is -2.29. The first-order valence-electron chi connectivity index (χ1n) is 34.4. The number of nitrogens with zero attached hydrogens (tertiary/aromatic N) is 1. The fourth-order valence-electron chi connectivity index (χ4n) is 10.5. The first kappa shape index (κ1) is 76.7. The molecule has 0 aromatic rings. The molecule has 0 aliphatic rings. The van der Waals surface area contributed by atoms with Crippen molar-refractivity contribution in [3.63, 3.8) is 0 Å². The minimum absolute atomic E-state index is 0.000443. The van der Waals surface area contributed by atoms with E-state index in [2.05, 4.69) is 43.5 Å². The summed E-state index contributed by atoms with van der Waals surface area (Å²) in [5.74, 6) is -0.192. The second-order valence-corrected chi connectivity index (χ2v) is 26.3. The van der Waals surface area contributed by atoms with E-state index in [-0.39, 0.29) is 19.1 Å². The highest BCUT2D eigenvalue weighted by molar-refractivity contribution is 7.45. The number of rotatable bonds is 64. The fraction of sp³-hybridized carbons (Fsp3) is 0.899. The highest BCUT2D eigenvalue weighted by atomic mass is 31.2. The van der Waals surface area contributed by atoms with Gasteiger partial charge in [-0.15, -0.1) is 0 Å². The molecule has 0 saturated carbocycles. The number of likely N-dealkylation sites (N-methyl/N-ethyl adjacent to an activating group) is 1. The van der Waals surface area contributed by atoms with Gasteiger partial charge < -0.3 is 28.8 Å². The fourth-order valence-corrected chi connectivity index (χ4v) is 11.2. The van der Waals surface area contributed by atoms with Gasteiger partial charge in [-0.1, -0.05) is 326 Å². The normalized spacial score (nSPS) is 13.9. The van der Waals surface area contributed by atoms with Crippen molar-refractivity contribution in [3.05, 3.63) is 36.5 Å². The van der Waals surface area contributed by atoms with Crippen LogP contribution < -0.4 is 10.2 Å². The summed E-state index contributed by atoms with van der Waals surface area (Å²) in [5.41, 5.74) is 0. The summed E-state index contributed by atoms with van der Waals surface area (Å²) in [6, 6.07) is -0.887. The number of carbonyl (C=O) groups excluding carboxylic acids is 1. The maximum atomic E-state index is 13.0. The molecule has 78 heavy (non-hydrogen) atoms. The molecule has 9 heteroatoms. The van der Waals surface area contributed by atoms with Crippen LogP contribution in [0.5, 0.6) is 0 Å². The van der Waals surface area contributed by atoms with E-state index in [0.717, 1.165) is 44.9 Å². The number of hydrogen-bond donors (Lipinski definition) is 2. The van der Waals surface area contributed by atoms with E-state index < -0.39 is 20.0 Å². The van der Waals surface area contributed by atoms with E-state index in [1.165, 1.54) is 283 Å². The molecule has 0 aliphatic heterocycles. The van der Waals surface area contributed by atoms with Crippen LogP contribution in [0.3, 0.4) is 0 Å². The van der Waals surface area contributed by atoms with Crippen LogP contribution >= 0.6 is 7.82 Å². The van der Waals surface area contributed by atoms with Gasteiger partial charge in [-0.25, -0.2) is 0 Å². The first-order valence-corrected chi connectivity index (χ1v) is 35.8. The Balaban J connectivity index is 4.07. The average Bonchev–Trinajstić information content (AvgIpc) is 3.41. The lowest BCUT2D eigenvalue weighted by Crippen LogP contribution is -2.45. The third-order valence-corrected chi connectivity index (χ3v) is 16.8. The number of quaternary nitrogens is 1. The zero-order chi connectivity index (χ0) is 57.0. The summed E-state index contributed by atoms with van der Waals surface area (Å²) >= 11 is 0. The summed E-state index contributed by atoms with van der Waals surface area (Å²) in [7, 11) is 1.28. The molecule has 1 amide bonds. The van der Waals surface area contributed by atoms with Crippen molar-refractivity contribution in [3.8, 4) is 0 Å². The van der Waals surface area contributed by atoms with Gasteiger partial charge in [0.25, 0.3) is 7.82 Å². The molecular formula is C69H135N2O6P. The number of unbranched alkanes of at least 4 members (excludes halogenated alkanes) is 47. The molecule has 2 N–H and O–H groups in total. The molecule has 0 heterocycles. The second kappa shape index (κ2) is 60.3. The van der Waals surface area contributed by atoms with Crippen LogP contribution in [-0.4, -0.2) is 68.5 Å². The van der Waals surface area contributed by atoms with Crippen LogP contribution in [0.2, 0.25) is 0 Å². The van der Waals surface area contributed by atoms with Gasteiger partial charge >= 0.3 is 0 Å². The number of hydrogen-bond acceptors (Lipinski definition) is 6. The molecule has 0 bridgehead atoms. The van der Waals surface area contributed by atoms with E-state index in [1.807, 2.05) is 27.2 Å². The third-order valence-electron chi connectivity index (χ3n) is 15.8. The highest BCUT2D eigenvalue weighted by Crippen LogP contribution is 2.38. The third kappa shape index (κ3) is 62.3. The number of aliphatic hydroxyl groups excluding tert-OH is 1. The standard InChI is InChI=1S/C69H135N2O6P/c1-6-8-10-12-14-16-18-20-22-24-26-28-30-32-34-35-37-38-40-42-44-46-48-50-52-54-56-58-60-62-68(72)67(66-77-78(74,75)76-65-64-71(3,4)5)70-69(73)63-61-59-57-55-53-51-49-47-45-43-41-39-36-33-31-29-27-25-23-21-19-17-15-13-11-9-7-2/h19,21,25,27,60,62,67-68,72H,6-18,20,22-24,26,28-59,61,63-66H2,1-5H3,(H-,70,73,74,75)/b21-19-,27-25-,62-60+. The number of allylic oxidation sites excluding steroid dienone is 5. The Labute approximate surface area is 487 Å². The molecule has 0 spiro atoms. The van der Waals surface area contributed by atoms with Crippen LogP contribution in [0.15, 0.2) is 36.5 Å². The SMILES string of the molecule is CCCCCCC/C=C\C/C=C\CCCCCCCCCCCCCCCCCC(=O)NC(COP(=O)([O-])OCC[N+](C)(C)C)C(O)/C=C/CCCCCCCCCCCCCCCCCCCCCCCCCCCCC. The zero-order valence-corrected chi connectivity index (χ0v) is 53.8. The number of phosphoric ester groups is 1. The van der Waals surface area contributed by atoms with Crippen molar-refractivity contribution in [2.24, 2.45) is 0 Å². The minimum Gasteiger partial charge on any atom is -0.756 e. The van der Waals surface area contributed by atoms with E-state index in [0.29, 0.717) is 17.4 Å². The molecule has 0 aliphatic carbocycles. The Morgan fingerprint density at radius 3 is 1.06 bits per heavy atom. The molecule has 0 aromatic heterocycles. The van der Waals surface area contributed by atoms with Gasteiger partial charge in [0.05, 0.1) is 39.9 Å². The number of carbonyl (C=O) groups is 1. The van der Waals surface area contributed by atoms with Gasteiger partial charge in [-0.2, -0.15) is 0 Å². The number of amides is 1. The predicted octanol–water partition coefficient (Wildman–Crippen LogP) is 21.0. The summed E-state index contributed by atoms with van der Waals surface area (Å²) in [6.45, 7) is 4.69. The second-order valence-electron chi connectivity index (χ2n) is 24.9. The topological polar surface area (TPSA) is 108 Å². The highest BCUT2D eigenvalue weighted by Gasteiger charge is 2.23. The largest absolute Gasteiger partial charge is 0.756 e. The summed E-state index contributed by atoms with van der Waals surface area (Å²) < 4.78 is 23.5. The smallest absolute Gasteiger partial charge is 0.268 e. The van der Waals surface area contributed by atoms with E-state index in [9.17, 15) is 19.4 Å². The van der Waals surface area contributed by atoms with Crippen LogP contribution in [0.1, 0.15) is 348 Å². The van der Waals surface area contributed by atoms with E-state index in [1.54, 1.807) is 6.08 Å². The Morgan fingerprint density at radius 2 is 0.744 bits per heavy atom. The quantitative estimate of drug-likeness (QED) is 0.0272. The van der Waals surface area contributed by atoms with Crippen molar-refractivity contribution < 1.29 is 32.9 Å². The van der Waals surface area contributed by atoms with Crippen LogP contribution in [0.25, 0.3) is 0 Å². The van der Waals surface area contributed by atoms with Crippen molar-refractivity contribution in [1.82, 2.24) is 5.32 Å². The first-order chi connectivity index (χ1) is 38.0. The number of aliphatic hydroxyl groups is 1. The van der Waals surface area contributed by atoms with Crippen LogP contribution in [-0.2, 0) is 18.4 Å². The molecule has 0 aromatic carbocycles. The summed E-state index contributed by atoms with van der Waals surface area (Å²) in [5, 5.41) is 14.0. The van der Waals surface area contributed by atoms with Crippen LogP contribution in [0, 0.1) is 0 Å². The maximum absolute atomic E-state index is 13.0. The van der Waals surface area contributed by atoms with Gasteiger partial charge in [-0.05, 0) is 51.4 Å². The Morgan fingerprint density at radius 1 is 0.449 bits per heavy atom. The molecule has 3 atom stereocenters. The molecule has 0 fully saturated rings. The van der Waals surface area contributed by atoms with Gasteiger partial charge in [0.2, 0.25) is 5.91 Å². The molecule has 0 rings (SSSR count). The van der Waals surface area contributed by atoms with Gasteiger partial charge in [0.15, 0.2) is 0 Å². The molecule has 462 valence electrons. The Bertz CT molecular complexity index is 1360. The van der Waals surface area contributed by atoms with Crippen molar-refractivity contribution >= 4 is 13.7 Å². The lowest BCUT2D eigenvalue weighted by atomic mass is 10.0. The number of nitrogens with one attached hydrogen (secondary N) is 1.